The molecule has 2 rings (SSSR count). The van der Waals surface area contributed by atoms with Gasteiger partial charge in [0.2, 0.25) is 0 Å². The molecule has 0 amide bonds. The van der Waals surface area contributed by atoms with Gasteiger partial charge in [0.25, 0.3) is 0 Å². The number of phenols is 1. The van der Waals surface area contributed by atoms with E-state index in [1.54, 1.807) is 12.1 Å². The van der Waals surface area contributed by atoms with Gasteiger partial charge in [0, 0.05) is 23.7 Å². The van der Waals surface area contributed by atoms with Gasteiger partial charge < -0.3 is 10.4 Å². The predicted molar refractivity (Wildman–Crippen MR) is 74.4 cm³/mol. The van der Waals surface area contributed by atoms with Crippen LogP contribution in [0.5, 0.6) is 5.75 Å². The fourth-order valence-electron chi connectivity index (χ4n) is 2.22. The van der Waals surface area contributed by atoms with E-state index in [4.69, 9.17) is 0 Å². The SMILES string of the molecule is CC(N[C@H](C)c1cccc(F)c1)c1ccc(F)cc1O. The van der Waals surface area contributed by atoms with Crippen molar-refractivity contribution in [2.75, 3.05) is 0 Å². The smallest absolute Gasteiger partial charge is 0.126 e. The maximum Gasteiger partial charge on any atom is 0.126 e. The number of phenolic OH excluding ortho intramolecular Hbond substituents is 1. The molecule has 0 aliphatic rings. The molecule has 4 heteroatoms. The molecule has 0 heterocycles. The van der Waals surface area contributed by atoms with Crippen LogP contribution >= 0.6 is 0 Å². The van der Waals surface area contributed by atoms with E-state index >= 15 is 0 Å². The Kier molecular flexibility index (Phi) is 4.35. The molecule has 1 unspecified atom stereocenters. The van der Waals surface area contributed by atoms with Crippen LogP contribution in [0.1, 0.15) is 37.1 Å². The first-order chi connectivity index (χ1) is 9.47. The number of benzene rings is 2. The van der Waals surface area contributed by atoms with Crippen LogP contribution in [0.25, 0.3) is 0 Å². The summed E-state index contributed by atoms with van der Waals surface area (Å²) in [7, 11) is 0. The first-order valence-electron chi connectivity index (χ1n) is 6.47. The van der Waals surface area contributed by atoms with Crippen molar-refractivity contribution in [1.29, 1.82) is 0 Å². The molecule has 2 aromatic rings. The zero-order chi connectivity index (χ0) is 14.7. The molecule has 0 aliphatic carbocycles. The van der Waals surface area contributed by atoms with Crippen molar-refractivity contribution in [3.8, 4) is 5.75 Å². The lowest BCUT2D eigenvalue weighted by Gasteiger charge is -2.21. The standard InChI is InChI=1S/C16H17F2NO/c1-10(12-4-3-5-13(17)8-12)19-11(2)15-7-6-14(18)9-16(15)20/h3-11,19-20H,1-2H3/t10-,11?/m1/s1. The summed E-state index contributed by atoms with van der Waals surface area (Å²) >= 11 is 0. The summed E-state index contributed by atoms with van der Waals surface area (Å²) in [6.07, 6.45) is 0. The van der Waals surface area contributed by atoms with E-state index < -0.39 is 5.82 Å². The van der Waals surface area contributed by atoms with E-state index in [1.807, 2.05) is 19.9 Å². The highest BCUT2D eigenvalue weighted by Gasteiger charge is 2.14. The van der Waals surface area contributed by atoms with Gasteiger partial charge >= 0.3 is 0 Å². The van der Waals surface area contributed by atoms with Crippen LogP contribution < -0.4 is 5.32 Å². The molecular weight excluding hydrogens is 260 g/mol. The van der Waals surface area contributed by atoms with Crippen molar-refractivity contribution in [3.05, 3.63) is 65.2 Å². The van der Waals surface area contributed by atoms with Crippen molar-refractivity contribution in [2.45, 2.75) is 25.9 Å². The minimum Gasteiger partial charge on any atom is -0.508 e. The molecule has 2 N–H and O–H groups in total. The number of nitrogens with one attached hydrogen (secondary N) is 1. The number of halogens is 2. The molecule has 2 nitrogen and oxygen atoms in total. The van der Waals surface area contributed by atoms with Gasteiger partial charge in [-0.05, 0) is 37.6 Å². The molecule has 0 spiro atoms. The molecule has 2 atom stereocenters. The van der Waals surface area contributed by atoms with Crippen LogP contribution in [0.4, 0.5) is 8.78 Å². The maximum absolute atomic E-state index is 13.2. The lowest BCUT2D eigenvalue weighted by Crippen LogP contribution is -2.22. The highest BCUT2D eigenvalue weighted by Crippen LogP contribution is 2.27. The highest BCUT2D eigenvalue weighted by atomic mass is 19.1. The Morgan fingerprint density at radius 1 is 0.950 bits per heavy atom. The fourth-order valence-corrected chi connectivity index (χ4v) is 2.22. The van der Waals surface area contributed by atoms with Crippen LogP contribution in [-0.4, -0.2) is 5.11 Å². The molecule has 0 aliphatic heterocycles. The molecule has 0 fully saturated rings. The molecule has 20 heavy (non-hydrogen) atoms. The van der Waals surface area contributed by atoms with E-state index in [0.717, 1.165) is 11.6 Å². The maximum atomic E-state index is 13.2. The number of hydrogen-bond acceptors (Lipinski definition) is 2. The Morgan fingerprint density at radius 2 is 1.65 bits per heavy atom. The quantitative estimate of drug-likeness (QED) is 0.882. The number of rotatable bonds is 4. The van der Waals surface area contributed by atoms with Crippen molar-refractivity contribution in [1.82, 2.24) is 5.32 Å². The second-order valence-electron chi connectivity index (χ2n) is 4.87. The summed E-state index contributed by atoms with van der Waals surface area (Å²) in [4.78, 5) is 0. The van der Waals surface area contributed by atoms with Crippen LogP contribution in [0, 0.1) is 11.6 Å². The molecule has 0 radical (unpaired) electrons. The molecule has 106 valence electrons. The van der Waals surface area contributed by atoms with Gasteiger partial charge in [-0.3, -0.25) is 0 Å². The number of aromatic hydroxyl groups is 1. The first kappa shape index (κ1) is 14.5. The van der Waals surface area contributed by atoms with Gasteiger partial charge in [-0.1, -0.05) is 18.2 Å². The molecule has 2 aromatic carbocycles. The lowest BCUT2D eigenvalue weighted by molar-refractivity contribution is 0.433. The first-order valence-corrected chi connectivity index (χ1v) is 6.47. The van der Waals surface area contributed by atoms with Crippen LogP contribution in [0.2, 0.25) is 0 Å². The fraction of sp³-hybridized carbons (Fsp3) is 0.250. The Labute approximate surface area is 117 Å². The molecule has 0 bridgehead atoms. The van der Waals surface area contributed by atoms with Crippen molar-refractivity contribution in [2.24, 2.45) is 0 Å². The average Bonchev–Trinajstić information content (AvgIpc) is 2.38. The Bertz CT molecular complexity index is 601. The number of hydrogen-bond donors (Lipinski definition) is 2. The van der Waals surface area contributed by atoms with Crippen LogP contribution in [0.15, 0.2) is 42.5 Å². The van der Waals surface area contributed by atoms with Gasteiger partial charge in [-0.25, -0.2) is 8.78 Å². The van der Waals surface area contributed by atoms with Gasteiger partial charge in [0.05, 0.1) is 0 Å². The van der Waals surface area contributed by atoms with Crippen molar-refractivity contribution in [3.63, 3.8) is 0 Å². The lowest BCUT2D eigenvalue weighted by atomic mass is 10.0. The second-order valence-corrected chi connectivity index (χ2v) is 4.87. The van der Waals surface area contributed by atoms with Gasteiger partial charge in [0.15, 0.2) is 0 Å². The zero-order valence-electron chi connectivity index (χ0n) is 11.4. The van der Waals surface area contributed by atoms with Gasteiger partial charge in [0.1, 0.15) is 17.4 Å². The van der Waals surface area contributed by atoms with E-state index in [2.05, 4.69) is 5.32 Å². The zero-order valence-corrected chi connectivity index (χ0v) is 11.4. The third-order valence-electron chi connectivity index (χ3n) is 3.31. The summed E-state index contributed by atoms with van der Waals surface area (Å²) in [5.74, 6) is -0.846. The average molecular weight is 277 g/mol. The van der Waals surface area contributed by atoms with Gasteiger partial charge in [-0.15, -0.1) is 0 Å². The van der Waals surface area contributed by atoms with Crippen LogP contribution in [0.3, 0.4) is 0 Å². The highest BCUT2D eigenvalue weighted by molar-refractivity contribution is 5.35. The van der Waals surface area contributed by atoms with Crippen molar-refractivity contribution >= 4 is 0 Å². The topological polar surface area (TPSA) is 32.3 Å². The summed E-state index contributed by atoms with van der Waals surface area (Å²) < 4.78 is 26.1. The predicted octanol–water partition coefficient (Wildman–Crippen LogP) is 4.08. The van der Waals surface area contributed by atoms with E-state index in [-0.39, 0.29) is 23.7 Å². The second kappa shape index (κ2) is 6.01. The van der Waals surface area contributed by atoms with E-state index in [9.17, 15) is 13.9 Å². The molecule has 0 aromatic heterocycles. The van der Waals surface area contributed by atoms with E-state index in [0.29, 0.717) is 5.56 Å². The monoisotopic (exact) mass is 277 g/mol. The largest absolute Gasteiger partial charge is 0.508 e. The third-order valence-corrected chi connectivity index (χ3v) is 3.31. The Hall–Kier alpha value is -1.94. The Morgan fingerprint density at radius 3 is 2.30 bits per heavy atom. The minimum atomic E-state index is -0.475. The van der Waals surface area contributed by atoms with E-state index in [1.165, 1.54) is 18.2 Å². The van der Waals surface area contributed by atoms with Gasteiger partial charge in [-0.2, -0.15) is 0 Å². The molecular formula is C16H17F2NO. The molecule has 0 saturated carbocycles. The summed E-state index contributed by atoms with van der Waals surface area (Å²) in [5, 5.41) is 13.0. The normalized spacial score (nSPS) is 14.0. The summed E-state index contributed by atoms with van der Waals surface area (Å²) in [5.41, 5.74) is 1.42. The Balaban J connectivity index is 2.12. The van der Waals surface area contributed by atoms with Crippen molar-refractivity contribution < 1.29 is 13.9 Å². The summed E-state index contributed by atoms with van der Waals surface area (Å²) in [6, 6.07) is 10.0. The summed E-state index contributed by atoms with van der Waals surface area (Å²) in [6.45, 7) is 3.77. The third kappa shape index (κ3) is 3.33. The van der Waals surface area contributed by atoms with Crippen LogP contribution in [-0.2, 0) is 0 Å². The molecule has 0 saturated heterocycles. The minimum absolute atomic E-state index is 0.0866.